The van der Waals surface area contributed by atoms with Crippen LogP contribution in [0.5, 0.6) is 0 Å². The highest BCUT2D eigenvalue weighted by atomic mass is 35.5. The number of hydrogen-bond donors (Lipinski definition) is 2. The molecule has 0 saturated carbocycles. The summed E-state index contributed by atoms with van der Waals surface area (Å²) in [5, 5.41) is 2.68. The number of benzene rings is 1. The molecule has 0 bridgehead atoms. The zero-order valence-electron chi connectivity index (χ0n) is 9.50. The molecule has 19 heavy (non-hydrogen) atoms. The first-order valence-electron chi connectivity index (χ1n) is 5.21. The lowest BCUT2D eigenvalue weighted by atomic mass is 10.2. The zero-order valence-corrected chi connectivity index (χ0v) is 10.3. The van der Waals surface area contributed by atoms with Crippen LogP contribution in [-0.2, 0) is 6.18 Å². The standard InChI is InChI=1S/C12H9ClF3N3/c13-8-4-7(12(14,15)16)5-9(6-8)19-11-10(17)2-1-3-18-11/h1-6H,17H2,(H,18,19). The van der Waals surface area contributed by atoms with Crippen LogP contribution >= 0.6 is 11.6 Å². The summed E-state index contributed by atoms with van der Waals surface area (Å²) in [4.78, 5) is 3.93. The summed E-state index contributed by atoms with van der Waals surface area (Å²) in [5.41, 5.74) is 5.32. The number of nitrogen functional groups attached to an aromatic ring is 1. The number of halogens is 4. The molecule has 0 spiro atoms. The third-order valence-corrected chi connectivity index (χ3v) is 2.54. The SMILES string of the molecule is Nc1cccnc1Nc1cc(Cl)cc(C(F)(F)F)c1. The molecule has 0 fully saturated rings. The highest BCUT2D eigenvalue weighted by Gasteiger charge is 2.31. The van der Waals surface area contributed by atoms with E-state index in [4.69, 9.17) is 17.3 Å². The zero-order chi connectivity index (χ0) is 14.0. The fourth-order valence-corrected chi connectivity index (χ4v) is 1.72. The average molecular weight is 288 g/mol. The highest BCUT2D eigenvalue weighted by Crippen LogP contribution is 2.34. The summed E-state index contributed by atoms with van der Waals surface area (Å²) < 4.78 is 37.9. The first-order valence-corrected chi connectivity index (χ1v) is 5.59. The van der Waals surface area contributed by atoms with Crippen LogP contribution in [0.3, 0.4) is 0 Å². The van der Waals surface area contributed by atoms with Gasteiger partial charge in [-0.15, -0.1) is 0 Å². The molecule has 1 aromatic carbocycles. The van der Waals surface area contributed by atoms with Gasteiger partial charge in [0.1, 0.15) is 0 Å². The summed E-state index contributed by atoms with van der Waals surface area (Å²) in [6.45, 7) is 0. The number of nitrogens with two attached hydrogens (primary N) is 1. The number of alkyl halides is 3. The van der Waals surface area contributed by atoms with Crippen LogP contribution in [-0.4, -0.2) is 4.98 Å². The maximum Gasteiger partial charge on any atom is 0.416 e. The normalized spacial score (nSPS) is 11.4. The minimum absolute atomic E-state index is 0.0215. The van der Waals surface area contributed by atoms with Gasteiger partial charge in [-0.25, -0.2) is 4.98 Å². The van der Waals surface area contributed by atoms with Gasteiger partial charge in [0.15, 0.2) is 5.82 Å². The molecule has 0 atom stereocenters. The Morgan fingerprint density at radius 3 is 2.58 bits per heavy atom. The van der Waals surface area contributed by atoms with E-state index in [0.29, 0.717) is 5.69 Å². The summed E-state index contributed by atoms with van der Waals surface area (Å²) in [7, 11) is 0. The smallest absolute Gasteiger partial charge is 0.396 e. The maximum atomic E-state index is 12.6. The Bertz CT molecular complexity index is 599. The van der Waals surface area contributed by atoms with E-state index in [1.54, 1.807) is 12.1 Å². The summed E-state index contributed by atoms with van der Waals surface area (Å²) in [6, 6.07) is 6.38. The molecular formula is C12H9ClF3N3. The van der Waals surface area contributed by atoms with Crippen molar-refractivity contribution < 1.29 is 13.2 Å². The molecule has 0 aliphatic heterocycles. The van der Waals surface area contributed by atoms with Gasteiger partial charge in [-0.2, -0.15) is 13.2 Å². The second-order valence-corrected chi connectivity index (χ2v) is 4.23. The maximum absolute atomic E-state index is 12.6. The highest BCUT2D eigenvalue weighted by molar-refractivity contribution is 6.31. The Hall–Kier alpha value is -1.95. The Kier molecular flexibility index (Phi) is 3.53. The predicted molar refractivity (Wildman–Crippen MR) is 68.4 cm³/mol. The van der Waals surface area contributed by atoms with Crippen molar-refractivity contribution in [3.8, 4) is 0 Å². The van der Waals surface area contributed by atoms with E-state index in [9.17, 15) is 13.2 Å². The molecular weight excluding hydrogens is 279 g/mol. The second-order valence-electron chi connectivity index (χ2n) is 3.79. The molecule has 0 saturated heterocycles. The van der Waals surface area contributed by atoms with Gasteiger partial charge in [0.25, 0.3) is 0 Å². The fourth-order valence-electron chi connectivity index (χ4n) is 1.48. The predicted octanol–water partition coefficient (Wildman–Crippen LogP) is 4.08. The molecule has 3 N–H and O–H groups in total. The Morgan fingerprint density at radius 2 is 1.95 bits per heavy atom. The van der Waals surface area contributed by atoms with Crippen molar-refractivity contribution in [1.29, 1.82) is 0 Å². The molecule has 2 aromatic rings. The van der Waals surface area contributed by atoms with Gasteiger partial charge in [-0.1, -0.05) is 11.6 Å². The van der Waals surface area contributed by atoms with Gasteiger partial charge in [0.05, 0.1) is 11.3 Å². The minimum atomic E-state index is -4.46. The largest absolute Gasteiger partial charge is 0.416 e. The van der Waals surface area contributed by atoms with Gasteiger partial charge >= 0.3 is 6.18 Å². The van der Waals surface area contributed by atoms with Crippen molar-refractivity contribution in [2.24, 2.45) is 0 Å². The molecule has 2 rings (SSSR count). The quantitative estimate of drug-likeness (QED) is 0.875. The number of nitrogens with zero attached hydrogens (tertiary/aromatic N) is 1. The number of nitrogens with one attached hydrogen (secondary N) is 1. The van der Waals surface area contributed by atoms with Crippen molar-refractivity contribution in [1.82, 2.24) is 4.98 Å². The molecule has 0 amide bonds. The average Bonchev–Trinajstić information content (AvgIpc) is 2.30. The number of aromatic nitrogens is 1. The van der Waals surface area contributed by atoms with E-state index in [1.807, 2.05) is 0 Å². The lowest BCUT2D eigenvalue weighted by Gasteiger charge is -2.12. The Morgan fingerprint density at radius 1 is 1.21 bits per heavy atom. The van der Waals surface area contributed by atoms with Crippen molar-refractivity contribution in [3.05, 3.63) is 47.1 Å². The van der Waals surface area contributed by atoms with Gasteiger partial charge in [-0.05, 0) is 30.3 Å². The van der Waals surface area contributed by atoms with Crippen LogP contribution in [0.1, 0.15) is 5.56 Å². The van der Waals surface area contributed by atoms with E-state index < -0.39 is 11.7 Å². The van der Waals surface area contributed by atoms with Gasteiger partial charge < -0.3 is 11.1 Å². The van der Waals surface area contributed by atoms with Crippen LogP contribution in [0.4, 0.5) is 30.4 Å². The van der Waals surface area contributed by atoms with Crippen molar-refractivity contribution in [3.63, 3.8) is 0 Å². The number of rotatable bonds is 2. The van der Waals surface area contributed by atoms with Gasteiger partial charge in [-0.3, -0.25) is 0 Å². The first-order chi connectivity index (χ1) is 8.86. The number of hydrogen-bond acceptors (Lipinski definition) is 3. The molecule has 1 aromatic heterocycles. The Labute approximate surface area is 112 Å². The number of pyridine rings is 1. The number of anilines is 3. The van der Waals surface area contributed by atoms with E-state index in [2.05, 4.69) is 10.3 Å². The van der Waals surface area contributed by atoms with Crippen molar-refractivity contribution in [2.45, 2.75) is 6.18 Å². The topological polar surface area (TPSA) is 50.9 Å². The second kappa shape index (κ2) is 4.97. The molecule has 0 unspecified atom stereocenters. The Balaban J connectivity index is 2.36. The van der Waals surface area contributed by atoms with E-state index in [1.165, 1.54) is 12.3 Å². The van der Waals surface area contributed by atoms with Gasteiger partial charge in [0, 0.05) is 16.9 Å². The molecule has 0 aliphatic rings. The third-order valence-electron chi connectivity index (χ3n) is 2.33. The lowest BCUT2D eigenvalue weighted by molar-refractivity contribution is -0.137. The van der Waals surface area contributed by atoms with Crippen LogP contribution in [0.15, 0.2) is 36.5 Å². The monoisotopic (exact) mass is 287 g/mol. The van der Waals surface area contributed by atoms with E-state index in [-0.39, 0.29) is 16.5 Å². The lowest BCUT2D eigenvalue weighted by Crippen LogP contribution is -2.06. The van der Waals surface area contributed by atoms with Gasteiger partial charge in [0.2, 0.25) is 0 Å². The molecule has 7 heteroatoms. The molecule has 1 heterocycles. The molecule has 3 nitrogen and oxygen atoms in total. The van der Waals surface area contributed by atoms with E-state index in [0.717, 1.165) is 12.1 Å². The summed E-state index contributed by atoms with van der Waals surface area (Å²) in [6.07, 6.45) is -2.98. The van der Waals surface area contributed by atoms with Crippen LogP contribution in [0, 0.1) is 0 Å². The summed E-state index contributed by atoms with van der Waals surface area (Å²) in [5.74, 6) is 0.276. The van der Waals surface area contributed by atoms with Crippen LogP contribution in [0.2, 0.25) is 5.02 Å². The van der Waals surface area contributed by atoms with Crippen LogP contribution < -0.4 is 11.1 Å². The van der Waals surface area contributed by atoms with E-state index >= 15 is 0 Å². The minimum Gasteiger partial charge on any atom is -0.396 e. The fraction of sp³-hybridized carbons (Fsp3) is 0.0833. The molecule has 100 valence electrons. The van der Waals surface area contributed by atoms with Crippen molar-refractivity contribution >= 4 is 28.8 Å². The summed E-state index contributed by atoms with van der Waals surface area (Å²) >= 11 is 5.67. The molecule has 0 radical (unpaired) electrons. The third kappa shape index (κ3) is 3.29. The first kappa shape index (κ1) is 13.5. The van der Waals surface area contributed by atoms with Crippen LogP contribution in [0.25, 0.3) is 0 Å². The molecule has 0 aliphatic carbocycles. The van der Waals surface area contributed by atoms with Crippen molar-refractivity contribution in [2.75, 3.05) is 11.1 Å².